The van der Waals surface area contributed by atoms with Gasteiger partial charge < -0.3 is 9.47 Å². The van der Waals surface area contributed by atoms with Crippen molar-refractivity contribution < 1.29 is 17.9 Å². The van der Waals surface area contributed by atoms with E-state index in [9.17, 15) is 8.42 Å². The van der Waals surface area contributed by atoms with Crippen molar-refractivity contribution in [3.05, 3.63) is 29.8 Å². The van der Waals surface area contributed by atoms with Crippen molar-refractivity contribution in [1.29, 1.82) is 0 Å². The van der Waals surface area contributed by atoms with E-state index in [1.165, 1.54) is 4.31 Å². The van der Waals surface area contributed by atoms with Gasteiger partial charge in [0.05, 0.1) is 13.2 Å². The number of rotatable bonds is 6. The zero-order valence-electron chi connectivity index (χ0n) is 11.5. The van der Waals surface area contributed by atoms with Crippen LogP contribution in [0, 0.1) is 0 Å². The summed E-state index contributed by atoms with van der Waals surface area (Å²) in [5.74, 6) is 0.689. The molecule has 1 heterocycles. The van der Waals surface area contributed by atoms with E-state index >= 15 is 0 Å². The van der Waals surface area contributed by atoms with Gasteiger partial charge >= 0.3 is 0 Å². The molecule has 1 aromatic rings. The van der Waals surface area contributed by atoms with E-state index < -0.39 is 10.2 Å². The van der Waals surface area contributed by atoms with Crippen LogP contribution in [0.25, 0.3) is 0 Å². The Morgan fingerprint density at radius 2 is 2.30 bits per heavy atom. The number of hydrogen-bond acceptors (Lipinski definition) is 4. The lowest BCUT2D eigenvalue weighted by molar-refractivity contribution is 0.0926. The second kappa shape index (κ2) is 6.53. The Morgan fingerprint density at radius 3 is 2.90 bits per heavy atom. The van der Waals surface area contributed by atoms with Gasteiger partial charge in [-0.25, -0.2) is 5.14 Å². The minimum Gasteiger partial charge on any atom is -0.497 e. The zero-order chi connectivity index (χ0) is 14.6. The van der Waals surface area contributed by atoms with Crippen molar-refractivity contribution in [2.75, 3.05) is 20.3 Å². The van der Waals surface area contributed by atoms with Gasteiger partial charge in [0.2, 0.25) is 0 Å². The van der Waals surface area contributed by atoms with Crippen molar-refractivity contribution in [1.82, 2.24) is 4.31 Å². The van der Waals surface area contributed by atoms with Crippen LogP contribution in [0.5, 0.6) is 5.75 Å². The highest BCUT2D eigenvalue weighted by Crippen LogP contribution is 2.18. The summed E-state index contributed by atoms with van der Waals surface area (Å²) in [4.78, 5) is 0. The molecule has 1 atom stereocenters. The number of ether oxygens (including phenoxy) is 2. The van der Waals surface area contributed by atoms with Gasteiger partial charge in [-0.15, -0.1) is 0 Å². The van der Waals surface area contributed by atoms with Crippen LogP contribution in [0.4, 0.5) is 0 Å². The number of benzene rings is 1. The first kappa shape index (κ1) is 15.2. The van der Waals surface area contributed by atoms with Crippen molar-refractivity contribution in [3.8, 4) is 5.75 Å². The van der Waals surface area contributed by atoms with Gasteiger partial charge in [0, 0.05) is 19.7 Å². The molecule has 1 fully saturated rings. The Morgan fingerprint density at radius 1 is 1.50 bits per heavy atom. The summed E-state index contributed by atoms with van der Waals surface area (Å²) in [7, 11) is -2.19. The molecule has 6 nitrogen and oxygen atoms in total. The zero-order valence-corrected chi connectivity index (χ0v) is 12.3. The molecule has 1 aromatic carbocycles. The fourth-order valence-electron chi connectivity index (χ4n) is 2.25. The lowest BCUT2D eigenvalue weighted by atomic mass is 10.2. The molecule has 0 spiro atoms. The maximum Gasteiger partial charge on any atom is 0.277 e. The number of nitrogens with zero attached hydrogens (tertiary/aromatic N) is 1. The average molecular weight is 300 g/mol. The molecule has 112 valence electrons. The number of hydrogen-bond donors (Lipinski definition) is 1. The van der Waals surface area contributed by atoms with E-state index in [1.54, 1.807) is 13.2 Å². The van der Waals surface area contributed by atoms with E-state index in [4.69, 9.17) is 14.6 Å². The van der Waals surface area contributed by atoms with Crippen molar-refractivity contribution in [3.63, 3.8) is 0 Å². The Balaban J connectivity index is 2.10. The number of nitrogens with two attached hydrogens (primary N) is 1. The minimum atomic E-state index is -3.76. The van der Waals surface area contributed by atoms with Gasteiger partial charge in [-0.2, -0.15) is 12.7 Å². The van der Waals surface area contributed by atoms with Crippen LogP contribution in [-0.4, -0.2) is 39.1 Å². The largest absolute Gasteiger partial charge is 0.497 e. The van der Waals surface area contributed by atoms with Crippen LogP contribution in [0.3, 0.4) is 0 Å². The molecule has 2 rings (SSSR count). The van der Waals surface area contributed by atoms with Gasteiger partial charge in [-0.3, -0.25) is 0 Å². The van der Waals surface area contributed by atoms with Crippen LogP contribution < -0.4 is 9.88 Å². The third-order valence-electron chi connectivity index (χ3n) is 3.28. The van der Waals surface area contributed by atoms with Crippen molar-refractivity contribution in [2.24, 2.45) is 5.14 Å². The van der Waals surface area contributed by atoms with Crippen LogP contribution in [0.15, 0.2) is 24.3 Å². The quantitative estimate of drug-likeness (QED) is 0.845. The predicted octanol–water partition coefficient (Wildman–Crippen LogP) is 0.880. The molecule has 1 unspecified atom stereocenters. The topological polar surface area (TPSA) is 81.9 Å². The summed E-state index contributed by atoms with van der Waals surface area (Å²) in [5.41, 5.74) is 0.830. The molecule has 2 N–H and O–H groups in total. The molecule has 0 aliphatic carbocycles. The highest BCUT2D eigenvalue weighted by Gasteiger charge is 2.25. The van der Waals surface area contributed by atoms with Gasteiger partial charge in [0.15, 0.2) is 0 Å². The van der Waals surface area contributed by atoms with Crippen LogP contribution >= 0.6 is 0 Å². The highest BCUT2D eigenvalue weighted by atomic mass is 32.2. The smallest absolute Gasteiger partial charge is 0.277 e. The van der Waals surface area contributed by atoms with E-state index in [0.29, 0.717) is 12.4 Å². The first-order valence-electron chi connectivity index (χ1n) is 6.51. The van der Waals surface area contributed by atoms with E-state index in [-0.39, 0.29) is 19.2 Å². The fourth-order valence-corrected chi connectivity index (χ4v) is 2.95. The molecule has 1 aliphatic heterocycles. The van der Waals surface area contributed by atoms with Gasteiger partial charge in [-0.1, -0.05) is 12.1 Å². The van der Waals surface area contributed by atoms with Gasteiger partial charge in [0.1, 0.15) is 5.75 Å². The second-order valence-corrected chi connectivity index (χ2v) is 6.37. The Kier molecular flexibility index (Phi) is 4.98. The molecule has 0 aromatic heterocycles. The third-order valence-corrected chi connectivity index (χ3v) is 4.28. The van der Waals surface area contributed by atoms with Crippen LogP contribution in [0.1, 0.15) is 18.4 Å². The minimum absolute atomic E-state index is 0.0704. The summed E-state index contributed by atoms with van der Waals surface area (Å²) < 4.78 is 35.2. The lowest BCUT2D eigenvalue weighted by Gasteiger charge is -2.22. The summed E-state index contributed by atoms with van der Waals surface area (Å²) >= 11 is 0. The SMILES string of the molecule is COc1cccc(CN(CC2CCCO2)S(N)(=O)=O)c1. The summed E-state index contributed by atoms with van der Waals surface area (Å²) in [6.07, 6.45) is 1.76. The second-order valence-electron chi connectivity index (χ2n) is 4.82. The van der Waals surface area contributed by atoms with E-state index in [0.717, 1.165) is 18.4 Å². The number of methoxy groups -OCH3 is 1. The predicted molar refractivity (Wildman–Crippen MR) is 75.5 cm³/mol. The van der Waals surface area contributed by atoms with Crippen molar-refractivity contribution in [2.45, 2.75) is 25.5 Å². The van der Waals surface area contributed by atoms with Crippen molar-refractivity contribution >= 4 is 10.2 Å². The molecular formula is C13H20N2O4S. The molecular weight excluding hydrogens is 280 g/mol. The molecule has 0 bridgehead atoms. The maximum absolute atomic E-state index is 11.7. The first-order chi connectivity index (χ1) is 9.49. The third kappa shape index (κ3) is 4.17. The summed E-state index contributed by atoms with van der Waals surface area (Å²) in [6.45, 7) is 1.19. The average Bonchev–Trinajstić information content (AvgIpc) is 2.90. The van der Waals surface area contributed by atoms with E-state index in [2.05, 4.69) is 0 Å². The fraction of sp³-hybridized carbons (Fsp3) is 0.538. The summed E-state index contributed by atoms with van der Waals surface area (Å²) in [5, 5.41) is 5.29. The highest BCUT2D eigenvalue weighted by molar-refractivity contribution is 7.86. The first-order valence-corrected chi connectivity index (χ1v) is 8.02. The molecule has 0 saturated carbocycles. The normalized spacial score (nSPS) is 19.4. The summed E-state index contributed by atoms with van der Waals surface area (Å²) in [6, 6.07) is 7.27. The lowest BCUT2D eigenvalue weighted by Crippen LogP contribution is -2.40. The molecule has 1 aliphatic rings. The Labute approximate surface area is 119 Å². The van der Waals surface area contributed by atoms with Crippen LogP contribution in [-0.2, 0) is 21.5 Å². The van der Waals surface area contributed by atoms with E-state index in [1.807, 2.05) is 18.2 Å². The molecule has 7 heteroatoms. The Hall–Kier alpha value is -1.15. The molecule has 1 saturated heterocycles. The maximum atomic E-state index is 11.7. The van der Waals surface area contributed by atoms with Gasteiger partial charge in [-0.05, 0) is 30.5 Å². The molecule has 0 amide bonds. The molecule has 0 radical (unpaired) electrons. The van der Waals surface area contributed by atoms with Crippen LogP contribution in [0.2, 0.25) is 0 Å². The molecule has 20 heavy (non-hydrogen) atoms. The monoisotopic (exact) mass is 300 g/mol. The standard InChI is InChI=1S/C13H20N2O4S/c1-18-12-5-2-4-11(8-12)9-15(20(14,16)17)10-13-6-3-7-19-13/h2,4-5,8,13H,3,6-7,9-10H2,1H3,(H2,14,16,17). The Bertz CT molecular complexity index is 541. The van der Waals surface area contributed by atoms with Gasteiger partial charge in [0.25, 0.3) is 10.2 Å².